The van der Waals surface area contributed by atoms with Crippen LogP contribution in [0.3, 0.4) is 0 Å². The predicted octanol–water partition coefficient (Wildman–Crippen LogP) is 1.78. The summed E-state index contributed by atoms with van der Waals surface area (Å²) in [6.07, 6.45) is 0.0595. The molecule has 2 N–H and O–H groups in total. The molecule has 0 aliphatic heterocycles. The van der Waals surface area contributed by atoms with E-state index in [9.17, 15) is 14.3 Å². The summed E-state index contributed by atoms with van der Waals surface area (Å²) in [6, 6.07) is 3.85. The van der Waals surface area contributed by atoms with Crippen LogP contribution in [-0.4, -0.2) is 24.2 Å². The molecule has 0 saturated heterocycles. The normalized spacial score (nSPS) is 12.0. The Hall–Kier alpha value is -1.62. The SMILES string of the molecule is CCCNC(=O)COc1cc(F)ccc1[C@@H](C)O. The van der Waals surface area contributed by atoms with Crippen molar-refractivity contribution in [1.29, 1.82) is 0 Å². The number of aliphatic hydroxyl groups is 1. The first-order valence-corrected chi connectivity index (χ1v) is 5.91. The lowest BCUT2D eigenvalue weighted by Crippen LogP contribution is -2.29. The van der Waals surface area contributed by atoms with E-state index < -0.39 is 11.9 Å². The highest BCUT2D eigenvalue weighted by Gasteiger charge is 2.11. The molecule has 1 aromatic rings. The fourth-order valence-corrected chi connectivity index (χ4v) is 1.44. The Balaban J connectivity index is 2.65. The van der Waals surface area contributed by atoms with Crippen LogP contribution in [-0.2, 0) is 4.79 Å². The van der Waals surface area contributed by atoms with Crippen molar-refractivity contribution in [3.63, 3.8) is 0 Å². The molecule has 0 bridgehead atoms. The van der Waals surface area contributed by atoms with Crippen molar-refractivity contribution in [3.8, 4) is 5.75 Å². The largest absolute Gasteiger partial charge is 0.483 e. The first kappa shape index (κ1) is 14.4. The highest BCUT2D eigenvalue weighted by molar-refractivity contribution is 5.77. The van der Waals surface area contributed by atoms with Gasteiger partial charge in [-0.1, -0.05) is 6.92 Å². The molecule has 5 heteroatoms. The van der Waals surface area contributed by atoms with Gasteiger partial charge in [0.25, 0.3) is 5.91 Å². The van der Waals surface area contributed by atoms with E-state index in [1.54, 1.807) is 6.92 Å². The molecule has 18 heavy (non-hydrogen) atoms. The quantitative estimate of drug-likeness (QED) is 0.814. The molecule has 0 unspecified atom stereocenters. The molecule has 0 aliphatic rings. The first-order chi connectivity index (χ1) is 8.54. The van der Waals surface area contributed by atoms with E-state index in [0.29, 0.717) is 12.1 Å². The number of carbonyl (C=O) groups excluding carboxylic acids is 1. The smallest absolute Gasteiger partial charge is 0.257 e. The lowest BCUT2D eigenvalue weighted by molar-refractivity contribution is -0.123. The second kappa shape index (κ2) is 6.96. The maximum absolute atomic E-state index is 13.1. The third-order valence-electron chi connectivity index (χ3n) is 2.36. The van der Waals surface area contributed by atoms with E-state index in [-0.39, 0.29) is 18.3 Å². The number of nitrogens with one attached hydrogen (secondary N) is 1. The number of halogens is 1. The van der Waals surface area contributed by atoms with Crippen LogP contribution in [0.2, 0.25) is 0 Å². The number of rotatable bonds is 6. The Labute approximate surface area is 106 Å². The van der Waals surface area contributed by atoms with Crippen LogP contribution in [0.4, 0.5) is 4.39 Å². The van der Waals surface area contributed by atoms with Gasteiger partial charge in [0.2, 0.25) is 0 Å². The maximum atomic E-state index is 13.1. The Morgan fingerprint density at radius 1 is 1.56 bits per heavy atom. The van der Waals surface area contributed by atoms with Crippen LogP contribution in [0.25, 0.3) is 0 Å². The van der Waals surface area contributed by atoms with E-state index in [1.165, 1.54) is 12.1 Å². The summed E-state index contributed by atoms with van der Waals surface area (Å²) >= 11 is 0. The summed E-state index contributed by atoms with van der Waals surface area (Å²) in [5.41, 5.74) is 0.458. The Morgan fingerprint density at radius 2 is 2.28 bits per heavy atom. The van der Waals surface area contributed by atoms with Gasteiger partial charge in [-0.05, 0) is 25.5 Å². The highest BCUT2D eigenvalue weighted by atomic mass is 19.1. The summed E-state index contributed by atoms with van der Waals surface area (Å²) in [5.74, 6) is -0.544. The van der Waals surface area contributed by atoms with E-state index >= 15 is 0 Å². The second-order valence-corrected chi connectivity index (χ2v) is 4.00. The first-order valence-electron chi connectivity index (χ1n) is 5.91. The van der Waals surface area contributed by atoms with Crippen molar-refractivity contribution < 1.29 is 19.0 Å². The molecule has 100 valence electrons. The van der Waals surface area contributed by atoms with Gasteiger partial charge in [0.1, 0.15) is 11.6 Å². The standard InChI is InChI=1S/C13H18FNO3/c1-3-6-15-13(17)8-18-12-7-10(14)4-5-11(12)9(2)16/h4-5,7,9,16H,3,6,8H2,1-2H3,(H,15,17)/t9-/m1/s1. The van der Waals surface area contributed by atoms with Crippen molar-refractivity contribution in [2.45, 2.75) is 26.4 Å². The van der Waals surface area contributed by atoms with Crippen LogP contribution >= 0.6 is 0 Å². The number of carbonyl (C=O) groups is 1. The number of amides is 1. The van der Waals surface area contributed by atoms with Gasteiger partial charge < -0.3 is 15.2 Å². The minimum absolute atomic E-state index is 0.191. The number of hydrogen-bond acceptors (Lipinski definition) is 3. The van der Waals surface area contributed by atoms with Gasteiger partial charge in [-0.25, -0.2) is 4.39 Å². The van der Waals surface area contributed by atoms with Crippen LogP contribution in [0.1, 0.15) is 31.9 Å². The van der Waals surface area contributed by atoms with Gasteiger partial charge in [-0.2, -0.15) is 0 Å². The van der Waals surface area contributed by atoms with Crippen molar-refractivity contribution >= 4 is 5.91 Å². The zero-order valence-electron chi connectivity index (χ0n) is 10.6. The number of benzene rings is 1. The molecule has 0 aliphatic carbocycles. The molecule has 1 aromatic carbocycles. The molecule has 0 aromatic heterocycles. The van der Waals surface area contributed by atoms with Crippen molar-refractivity contribution in [3.05, 3.63) is 29.6 Å². The van der Waals surface area contributed by atoms with Gasteiger partial charge in [-0.3, -0.25) is 4.79 Å². The third-order valence-corrected chi connectivity index (χ3v) is 2.36. The number of hydrogen-bond donors (Lipinski definition) is 2. The molecular formula is C13H18FNO3. The average molecular weight is 255 g/mol. The lowest BCUT2D eigenvalue weighted by Gasteiger charge is -2.13. The van der Waals surface area contributed by atoms with Gasteiger partial charge >= 0.3 is 0 Å². The molecule has 0 heterocycles. The molecule has 1 atom stereocenters. The second-order valence-electron chi connectivity index (χ2n) is 4.00. The van der Waals surface area contributed by atoms with Gasteiger partial charge in [-0.15, -0.1) is 0 Å². The molecular weight excluding hydrogens is 237 g/mol. The maximum Gasteiger partial charge on any atom is 0.257 e. The summed E-state index contributed by atoms with van der Waals surface area (Å²) in [5, 5.41) is 12.1. The van der Waals surface area contributed by atoms with Crippen molar-refractivity contribution in [2.75, 3.05) is 13.2 Å². The van der Waals surface area contributed by atoms with Gasteiger partial charge in [0, 0.05) is 18.2 Å². The summed E-state index contributed by atoms with van der Waals surface area (Å²) in [6.45, 7) is 3.88. The van der Waals surface area contributed by atoms with E-state index in [1.807, 2.05) is 6.92 Å². The van der Waals surface area contributed by atoms with Gasteiger partial charge in [0.05, 0.1) is 6.10 Å². The fraction of sp³-hybridized carbons (Fsp3) is 0.462. The van der Waals surface area contributed by atoms with Crippen molar-refractivity contribution in [1.82, 2.24) is 5.32 Å². The van der Waals surface area contributed by atoms with E-state index in [4.69, 9.17) is 4.74 Å². The zero-order valence-corrected chi connectivity index (χ0v) is 10.6. The van der Waals surface area contributed by atoms with Crippen LogP contribution < -0.4 is 10.1 Å². The number of ether oxygens (including phenoxy) is 1. The summed E-state index contributed by atoms with van der Waals surface area (Å²) in [7, 11) is 0. The molecule has 0 radical (unpaired) electrons. The third kappa shape index (κ3) is 4.33. The van der Waals surface area contributed by atoms with E-state index in [0.717, 1.165) is 12.5 Å². The minimum atomic E-state index is -0.778. The molecule has 0 saturated carbocycles. The highest BCUT2D eigenvalue weighted by Crippen LogP contribution is 2.25. The summed E-state index contributed by atoms with van der Waals surface area (Å²) in [4.78, 5) is 11.3. The Morgan fingerprint density at radius 3 is 2.89 bits per heavy atom. The molecule has 0 fully saturated rings. The van der Waals surface area contributed by atoms with Crippen LogP contribution in [0.15, 0.2) is 18.2 Å². The molecule has 4 nitrogen and oxygen atoms in total. The van der Waals surface area contributed by atoms with Gasteiger partial charge in [0.15, 0.2) is 6.61 Å². The number of aliphatic hydroxyl groups excluding tert-OH is 1. The predicted molar refractivity (Wildman–Crippen MR) is 65.8 cm³/mol. The Bertz CT molecular complexity index is 407. The van der Waals surface area contributed by atoms with E-state index in [2.05, 4.69) is 5.32 Å². The lowest BCUT2D eigenvalue weighted by atomic mass is 10.1. The zero-order chi connectivity index (χ0) is 13.5. The van der Waals surface area contributed by atoms with Crippen LogP contribution in [0, 0.1) is 5.82 Å². The van der Waals surface area contributed by atoms with Crippen LogP contribution in [0.5, 0.6) is 5.75 Å². The van der Waals surface area contributed by atoms with Crippen molar-refractivity contribution in [2.24, 2.45) is 0 Å². The Kier molecular flexibility index (Phi) is 5.58. The molecule has 0 spiro atoms. The topological polar surface area (TPSA) is 58.6 Å². The average Bonchev–Trinajstić information content (AvgIpc) is 2.33. The monoisotopic (exact) mass is 255 g/mol. The fourth-order valence-electron chi connectivity index (χ4n) is 1.44. The molecule has 1 amide bonds. The molecule has 1 rings (SSSR count). The summed E-state index contributed by atoms with van der Waals surface area (Å²) < 4.78 is 18.3. The minimum Gasteiger partial charge on any atom is -0.483 e.